The molecule has 0 aromatic heterocycles. The maximum absolute atomic E-state index is 4.93. The zero-order valence-corrected chi connectivity index (χ0v) is 17.1. The molecule has 0 saturated heterocycles. The van der Waals surface area contributed by atoms with Crippen molar-refractivity contribution in [2.45, 2.75) is 31.8 Å². The second-order valence-corrected chi connectivity index (χ2v) is 8.15. The SMILES string of the molecule is C1=CCC(C2=CCC(C3N=CNC(c4ccc(C5=CCCC=C5)cc4)=N3)C=C2)C=C1. The molecule has 3 atom stereocenters. The van der Waals surface area contributed by atoms with Gasteiger partial charge in [0.25, 0.3) is 0 Å². The van der Waals surface area contributed by atoms with Crippen LogP contribution in [0.15, 0.2) is 101 Å². The van der Waals surface area contributed by atoms with E-state index in [2.05, 4.69) is 95.3 Å². The van der Waals surface area contributed by atoms with E-state index in [0.29, 0.717) is 11.8 Å². The minimum absolute atomic E-state index is 0.0687. The molecule has 150 valence electrons. The summed E-state index contributed by atoms with van der Waals surface area (Å²) in [5.74, 6) is 1.72. The van der Waals surface area contributed by atoms with E-state index in [1.165, 1.54) is 16.7 Å². The van der Waals surface area contributed by atoms with Crippen molar-refractivity contribution in [3.8, 4) is 0 Å². The number of hydrogen-bond acceptors (Lipinski definition) is 3. The molecule has 0 saturated carbocycles. The van der Waals surface area contributed by atoms with E-state index in [1.807, 2.05) is 0 Å². The van der Waals surface area contributed by atoms with Gasteiger partial charge in [-0.15, -0.1) is 0 Å². The number of hydrogen-bond donors (Lipinski definition) is 1. The smallest absolute Gasteiger partial charge is 0.150 e. The molecule has 0 bridgehead atoms. The van der Waals surface area contributed by atoms with Gasteiger partial charge in [0.2, 0.25) is 0 Å². The molecular formula is C27H27N3. The molecule has 0 amide bonds. The van der Waals surface area contributed by atoms with Crippen LogP contribution in [-0.4, -0.2) is 18.3 Å². The number of nitrogens with one attached hydrogen (secondary N) is 1. The van der Waals surface area contributed by atoms with E-state index in [9.17, 15) is 0 Å². The van der Waals surface area contributed by atoms with Gasteiger partial charge in [-0.3, -0.25) is 0 Å². The molecule has 1 N–H and O–H groups in total. The maximum atomic E-state index is 4.93. The largest absolute Gasteiger partial charge is 0.331 e. The molecule has 4 aliphatic rings. The van der Waals surface area contributed by atoms with Gasteiger partial charge in [-0.2, -0.15) is 0 Å². The summed E-state index contributed by atoms with van der Waals surface area (Å²) in [6.45, 7) is 0. The minimum Gasteiger partial charge on any atom is -0.331 e. The number of aliphatic imine (C=N–C) groups is 2. The number of allylic oxidation sites excluding steroid dienone is 11. The standard InChI is InChI=1S/C27H27N3/c1-3-7-20(8-4-1)22-11-15-24(16-12-22)26-28-19-29-27(30-26)25-17-13-23(14-18-25)21-9-5-2-6-10-21/h1,3-5,7,9-15,17-20,24,26H,2,6,8,16H2,(H,28,29,30). The van der Waals surface area contributed by atoms with Crippen LogP contribution in [0, 0.1) is 11.8 Å². The lowest BCUT2D eigenvalue weighted by Crippen LogP contribution is -2.32. The Balaban J connectivity index is 1.27. The number of nitrogens with zero attached hydrogens (tertiary/aromatic N) is 2. The molecule has 1 aromatic carbocycles. The van der Waals surface area contributed by atoms with Crippen molar-refractivity contribution in [1.29, 1.82) is 0 Å². The van der Waals surface area contributed by atoms with Crippen LogP contribution in [0.25, 0.3) is 5.57 Å². The lowest BCUT2D eigenvalue weighted by Gasteiger charge is -2.25. The average Bonchev–Trinajstić information content (AvgIpc) is 2.85. The van der Waals surface area contributed by atoms with Crippen molar-refractivity contribution >= 4 is 17.7 Å². The zero-order chi connectivity index (χ0) is 20.2. The fourth-order valence-electron chi connectivity index (χ4n) is 4.37. The molecule has 3 nitrogen and oxygen atoms in total. The summed E-state index contributed by atoms with van der Waals surface area (Å²) in [6, 6.07) is 8.67. The third-order valence-electron chi connectivity index (χ3n) is 6.13. The normalized spacial score (nSPS) is 27.3. The molecule has 3 aliphatic carbocycles. The first-order chi connectivity index (χ1) is 14.9. The lowest BCUT2D eigenvalue weighted by atomic mass is 9.85. The molecule has 5 rings (SSSR count). The van der Waals surface area contributed by atoms with Gasteiger partial charge in [-0.05, 0) is 42.4 Å². The molecule has 1 heterocycles. The molecule has 3 heteroatoms. The number of benzene rings is 1. The van der Waals surface area contributed by atoms with Crippen LogP contribution in [0.2, 0.25) is 0 Å². The van der Waals surface area contributed by atoms with Crippen LogP contribution in [0.4, 0.5) is 0 Å². The molecule has 0 spiro atoms. The highest BCUT2D eigenvalue weighted by molar-refractivity contribution is 6.05. The summed E-state index contributed by atoms with van der Waals surface area (Å²) >= 11 is 0. The maximum Gasteiger partial charge on any atom is 0.150 e. The Morgan fingerprint density at radius 1 is 0.833 bits per heavy atom. The van der Waals surface area contributed by atoms with E-state index in [4.69, 9.17) is 4.99 Å². The van der Waals surface area contributed by atoms with Crippen LogP contribution >= 0.6 is 0 Å². The Bertz CT molecular complexity index is 1030. The first-order valence-corrected chi connectivity index (χ1v) is 10.9. The summed E-state index contributed by atoms with van der Waals surface area (Å²) in [4.78, 5) is 9.54. The Morgan fingerprint density at radius 2 is 1.73 bits per heavy atom. The van der Waals surface area contributed by atoms with Crippen LogP contribution in [0.3, 0.4) is 0 Å². The van der Waals surface area contributed by atoms with Crippen LogP contribution in [0.1, 0.15) is 36.8 Å². The summed E-state index contributed by atoms with van der Waals surface area (Å²) in [7, 11) is 0. The second kappa shape index (κ2) is 8.66. The first kappa shape index (κ1) is 18.8. The van der Waals surface area contributed by atoms with Crippen molar-refractivity contribution in [3.63, 3.8) is 0 Å². The van der Waals surface area contributed by atoms with Gasteiger partial charge in [0.1, 0.15) is 12.0 Å². The highest BCUT2D eigenvalue weighted by Crippen LogP contribution is 2.30. The predicted molar refractivity (Wildman–Crippen MR) is 126 cm³/mol. The van der Waals surface area contributed by atoms with Crippen molar-refractivity contribution in [3.05, 3.63) is 102 Å². The van der Waals surface area contributed by atoms with Gasteiger partial charge in [-0.25, -0.2) is 9.98 Å². The van der Waals surface area contributed by atoms with Crippen molar-refractivity contribution in [2.75, 3.05) is 0 Å². The van der Waals surface area contributed by atoms with Crippen LogP contribution in [-0.2, 0) is 0 Å². The Kier molecular flexibility index (Phi) is 5.43. The summed E-state index contributed by atoms with van der Waals surface area (Å²) in [5.41, 5.74) is 5.08. The molecule has 3 unspecified atom stereocenters. The molecule has 1 aromatic rings. The number of amidine groups is 1. The summed E-state index contributed by atoms with van der Waals surface area (Å²) in [6.07, 6.45) is 28.6. The molecule has 30 heavy (non-hydrogen) atoms. The first-order valence-electron chi connectivity index (χ1n) is 10.9. The molecule has 1 aliphatic heterocycles. The highest BCUT2D eigenvalue weighted by atomic mass is 15.2. The minimum atomic E-state index is -0.0687. The fraction of sp³-hybridized carbons (Fsp3) is 0.259. The predicted octanol–water partition coefficient (Wildman–Crippen LogP) is 5.76. The van der Waals surface area contributed by atoms with E-state index in [1.54, 1.807) is 6.34 Å². The molecule has 0 fully saturated rings. The van der Waals surface area contributed by atoms with Gasteiger partial charge >= 0.3 is 0 Å². The zero-order valence-electron chi connectivity index (χ0n) is 17.1. The van der Waals surface area contributed by atoms with Gasteiger partial charge < -0.3 is 5.32 Å². The quantitative estimate of drug-likeness (QED) is 0.694. The van der Waals surface area contributed by atoms with E-state index in [0.717, 1.165) is 37.1 Å². The third kappa shape index (κ3) is 4.06. The topological polar surface area (TPSA) is 36.8 Å². The van der Waals surface area contributed by atoms with Crippen molar-refractivity contribution in [1.82, 2.24) is 5.32 Å². The van der Waals surface area contributed by atoms with Crippen LogP contribution < -0.4 is 5.32 Å². The lowest BCUT2D eigenvalue weighted by molar-refractivity contribution is 0.514. The summed E-state index contributed by atoms with van der Waals surface area (Å²) < 4.78 is 0. The average molecular weight is 394 g/mol. The third-order valence-corrected chi connectivity index (χ3v) is 6.13. The van der Waals surface area contributed by atoms with Crippen molar-refractivity contribution in [2.24, 2.45) is 21.8 Å². The van der Waals surface area contributed by atoms with Gasteiger partial charge in [-0.1, -0.05) is 85.0 Å². The van der Waals surface area contributed by atoms with E-state index in [-0.39, 0.29) is 6.17 Å². The highest BCUT2D eigenvalue weighted by Gasteiger charge is 2.23. The van der Waals surface area contributed by atoms with Crippen LogP contribution in [0.5, 0.6) is 0 Å². The van der Waals surface area contributed by atoms with Gasteiger partial charge in [0, 0.05) is 17.4 Å². The molecular weight excluding hydrogens is 366 g/mol. The Morgan fingerprint density at radius 3 is 2.47 bits per heavy atom. The Labute approximate surface area is 178 Å². The van der Waals surface area contributed by atoms with Crippen molar-refractivity contribution < 1.29 is 0 Å². The van der Waals surface area contributed by atoms with E-state index >= 15 is 0 Å². The number of rotatable bonds is 4. The fourth-order valence-corrected chi connectivity index (χ4v) is 4.37. The molecule has 0 radical (unpaired) electrons. The van der Waals surface area contributed by atoms with Gasteiger partial charge in [0.05, 0.1) is 6.34 Å². The summed E-state index contributed by atoms with van der Waals surface area (Å²) in [5, 5.41) is 3.24. The second-order valence-electron chi connectivity index (χ2n) is 8.15. The van der Waals surface area contributed by atoms with E-state index < -0.39 is 0 Å². The van der Waals surface area contributed by atoms with Gasteiger partial charge in [0.15, 0.2) is 0 Å². The monoisotopic (exact) mass is 393 g/mol. The Hall–Kier alpha value is -3.20.